The molecule has 0 atom stereocenters. The first-order valence-corrected chi connectivity index (χ1v) is 10.1. The maximum Gasteiger partial charge on any atom is 0.421 e. The number of benzene rings is 2. The highest BCUT2D eigenvalue weighted by molar-refractivity contribution is 5.63. The quantitative estimate of drug-likeness (QED) is 0.363. The van der Waals surface area contributed by atoms with Crippen LogP contribution < -0.4 is 15.4 Å². The average Bonchev–Trinajstić information content (AvgIpc) is 2.72. The van der Waals surface area contributed by atoms with Gasteiger partial charge in [0, 0.05) is 17.6 Å². The van der Waals surface area contributed by atoms with Gasteiger partial charge < -0.3 is 15.4 Å². The first kappa shape index (κ1) is 22.4. The Kier molecular flexibility index (Phi) is 7.33. The van der Waals surface area contributed by atoms with E-state index in [9.17, 15) is 13.2 Å². The van der Waals surface area contributed by atoms with Crippen molar-refractivity contribution < 1.29 is 17.9 Å². The second-order valence-electron chi connectivity index (χ2n) is 7.15. The van der Waals surface area contributed by atoms with E-state index in [-0.39, 0.29) is 11.8 Å². The number of nitrogens with one attached hydrogen (secondary N) is 2. The second-order valence-corrected chi connectivity index (χ2v) is 7.15. The molecule has 0 bridgehead atoms. The number of aromatic nitrogens is 2. The fourth-order valence-corrected chi connectivity index (χ4v) is 2.91. The Morgan fingerprint density at radius 2 is 1.74 bits per heavy atom. The Morgan fingerprint density at radius 3 is 2.42 bits per heavy atom. The van der Waals surface area contributed by atoms with Crippen LogP contribution >= 0.6 is 0 Å². The molecule has 31 heavy (non-hydrogen) atoms. The highest BCUT2D eigenvalue weighted by atomic mass is 19.4. The van der Waals surface area contributed by atoms with Crippen molar-refractivity contribution >= 4 is 23.1 Å². The van der Waals surface area contributed by atoms with E-state index in [1.807, 2.05) is 13.0 Å². The van der Waals surface area contributed by atoms with E-state index >= 15 is 0 Å². The number of rotatable bonds is 9. The highest BCUT2D eigenvalue weighted by Gasteiger charge is 2.35. The molecular formula is C23H25F3N4O. The molecule has 8 heteroatoms. The summed E-state index contributed by atoms with van der Waals surface area (Å²) in [5.74, 6) is 0.475. The van der Waals surface area contributed by atoms with Crippen molar-refractivity contribution in [3.63, 3.8) is 0 Å². The summed E-state index contributed by atoms with van der Waals surface area (Å²) >= 11 is 0. The second kappa shape index (κ2) is 10.1. The van der Waals surface area contributed by atoms with Gasteiger partial charge >= 0.3 is 6.18 Å². The zero-order valence-corrected chi connectivity index (χ0v) is 17.5. The van der Waals surface area contributed by atoms with Crippen molar-refractivity contribution in [3.8, 4) is 5.75 Å². The molecule has 164 valence electrons. The number of ether oxygens (including phenoxy) is 1. The van der Waals surface area contributed by atoms with E-state index in [1.54, 1.807) is 42.5 Å². The number of nitrogens with zero attached hydrogens (tertiary/aromatic N) is 2. The number of alkyl halides is 3. The predicted molar refractivity (Wildman–Crippen MR) is 116 cm³/mol. The van der Waals surface area contributed by atoms with Gasteiger partial charge in [-0.3, -0.25) is 0 Å². The molecule has 0 saturated heterocycles. The van der Waals surface area contributed by atoms with Crippen LogP contribution in [-0.4, -0.2) is 16.6 Å². The molecule has 0 fully saturated rings. The Bertz CT molecular complexity index is 991. The van der Waals surface area contributed by atoms with Gasteiger partial charge in [0.25, 0.3) is 0 Å². The van der Waals surface area contributed by atoms with Crippen LogP contribution in [0.25, 0.3) is 0 Å². The fourth-order valence-electron chi connectivity index (χ4n) is 2.91. The molecule has 0 aliphatic heterocycles. The van der Waals surface area contributed by atoms with Gasteiger partial charge in [-0.25, -0.2) is 4.98 Å². The Morgan fingerprint density at radius 1 is 0.968 bits per heavy atom. The summed E-state index contributed by atoms with van der Waals surface area (Å²) in [6.45, 7) is 4.64. The third-order valence-electron chi connectivity index (χ3n) is 4.50. The lowest BCUT2D eigenvalue weighted by Gasteiger charge is -2.15. The fraction of sp³-hybridized carbons (Fsp3) is 0.304. The molecule has 2 N–H and O–H groups in total. The largest absolute Gasteiger partial charge is 0.494 e. The SMILES string of the molecule is CCCCCOc1ccc(Nc2ncc(C(F)(F)F)c(Nc3cccc(C)c3)n2)cc1. The number of halogens is 3. The van der Waals surface area contributed by atoms with E-state index in [2.05, 4.69) is 27.5 Å². The maximum atomic E-state index is 13.4. The van der Waals surface area contributed by atoms with Crippen molar-refractivity contribution in [1.29, 1.82) is 0 Å². The molecular weight excluding hydrogens is 405 g/mol. The molecule has 0 radical (unpaired) electrons. The number of hydrogen-bond acceptors (Lipinski definition) is 5. The summed E-state index contributed by atoms with van der Waals surface area (Å²) in [7, 11) is 0. The normalized spacial score (nSPS) is 11.3. The molecule has 5 nitrogen and oxygen atoms in total. The molecule has 3 aromatic rings. The summed E-state index contributed by atoms with van der Waals surface area (Å²) in [6, 6.07) is 14.2. The van der Waals surface area contributed by atoms with Gasteiger partial charge in [-0.15, -0.1) is 0 Å². The minimum Gasteiger partial charge on any atom is -0.494 e. The molecule has 3 rings (SSSR count). The van der Waals surface area contributed by atoms with Crippen LogP contribution in [0.2, 0.25) is 0 Å². The van der Waals surface area contributed by atoms with Crippen LogP contribution in [0.1, 0.15) is 37.3 Å². The molecule has 0 spiro atoms. The summed E-state index contributed by atoms with van der Waals surface area (Å²) in [5, 5.41) is 5.70. The topological polar surface area (TPSA) is 59.1 Å². The van der Waals surface area contributed by atoms with Gasteiger partial charge in [-0.2, -0.15) is 18.2 Å². The van der Waals surface area contributed by atoms with Crippen molar-refractivity contribution in [3.05, 3.63) is 65.9 Å². The van der Waals surface area contributed by atoms with Crippen LogP contribution in [0.3, 0.4) is 0 Å². The number of anilines is 4. The standard InChI is InChI=1S/C23H25F3N4O/c1-3-4-5-13-31-19-11-9-17(10-12-19)29-22-27-15-20(23(24,25)26)21(30-22)28-18-8-6-7-16(2)14-18/h6-12,14-15H,3-5,13H2,1-2H3,(H2,27,28,29,30). The first-order chi connectivity index (χ1) is 14.8. The summed E-state index contributed by atoms with van der Waals surface area (Å²) in [5.41, 5.74) is 1.14. The van der Waals surface area contributed by atoms with E-state index in [0.29, 0.717) is 18.0 Å². The van der Waals surface area contributed by atoms with E-state index in [0.717, 1.165) is 36.8 Å². The maximum absolute atomic E-state index is 13.4. The van der Waals surface area contributed by atoms with Crippen LogP contribution in [-0.2, 0) is 6.18 Å². The van der Waals surface area contributed by atoms with Gasteiger partial charge in [-0.1, -0.05) is 31.9 Å². The predicted octanol–water partition coefficient (Wildman–Crippen LogP) is 6.86. The summed E-state index contributed by atoms with van der Waals surface area (Å²) in [4.78, 5) is 7.91. The van der Waals surface area contributed by atoms with Crippen molar-refractivity contribution in [2.45, 2.75) is 39.3 Å². The zero-order valence-electron chi connectivity index (χ0n) is 17.5. The minimum absolute atomic E-state index is 0.0553. The molecule has 0 saturated carbocycles. The van der Waals surface area contributed by atoms with Gasteiger partial charge in [0.1, 0.15) is 17.1 Å². The van der Waals surface area contributed by atoms with Crippen molar-refractivity contribution in [2.75, 3.05) is 17.2 Å². The van der Waals surface area contributed by atoms with Crippen LogP contribution in [0.5, 0.6) is 5.75 Å². The highest BCUT2D eigenvalue weighted by Crippen LogP contribution is 2.35. The lowest BCUT2D eigenvalue weighted by atomic mass is 10.2. The minimum atomic E-state index is -4.58. The first-order valence-electron chi connectivity index (χ1n) is 10.1. The number of unbranched alkanes of at least 4 members (excludes halogenated alkanes) is 2. The third kappa shape index (κ3) is 6.60. The van der Waals surface area contributed by atoms with Crippen LogP contribution in [0.15, 0.2) is 54.7 Å². The molecule has 0 aliphatic rings. The molecule has 1 heterocycles. The van der Waals surface area contributed by atoms with E-state index < -0.39 is 11.7 Å². The number of hydrogen-bond donors (Lipinski definition) is 2. The smallest absolute Gasteiger partial charge is 0.421 e. The Hall–Kier alpha value is -3.29. The molecule has 0 unspecified atom stereocenters. The van der Waals surface area contributed by atoms with Gasteiger partial charge in [0.2, 0.25) is 5.95 Å². The average molecular weight is 430 g/mol. The summed E-state index contributed by atoms with van der Waals surface area (Å²) < 4.78 is 46.0. The monoisotopic (exact) mass is 430 g/mol. The van der Waals surface area contributed by atoms with Gasteiger partial charge in [0.15, 0.2) is 0 Å². The van der Waals surface area contributed by atoms with Crippen LogP contribution in [0, 0.1) is 6.92 Å². The molecule has 2 aromatic carbocycles. The Labute approximate surface area is 179 Å². The van der Waals surface area contributed by atoms with Crippen molar-refractivity contribution in [2.24, 2.45) is 0 Å². The Balaban J connectivity index is 1.75. The molecule has 0 aliphatic carbocycles. The van der Waals surface area contributed by atoms with Gasteiger partial charge in [0.05, 0.1) is 6.61 Å². The van der Waals surface area contributed by atoms with Crippen LogP contribution in [0.4, 0.5) is 36.3 Å². The number of aryl methyl sites for hydroxylation is 1. The van der Waals surface area contributed by atoms with Gasteiger partial charge in [-0.05, 0) is 55.3 Å². The van der Waals surface area contributed by atoms with E-state index in [1.165, 1.54) is 0 Å². The molecule has 1 aromatic heterocycles. The van der Waals surface area contributed by atoms with Crippen molar-refractivity contribution in [1.82, 2.24) is 9.97 Å². The molecule has 0 amide bonds. The lowest BCUT2D eigenvalue weighted by Crippen LogP contribution is -2.12. The lowest BCUT2D eigenvalue weighted by molar-refractivity contribution is -0.137. The van der Waals surface area contributed by atoms with E-state index in [4.69, 9.17) is 4.74 Å². The zero-order chi connectivity index (χ0) is 22.3. The summed E-state index contributed by atoms with van der Waals surface area (Å²) in [6.07, 6.45) is -0.573. The third-order valence-corrected chi connectivity index (χ3v) is 4.50.